The first-order chi connectivity index (χ1) is 8.79. The molecule has 18 heavy (non-hydrogen) atoms. The topological polar surface area (TPSA) is 26.3 Å². The van der Waals surface area contributed by atoms with Gasteiger partial charge in [-0.3, -0.25) is 0 Å². The molecular weight excluding hydrogens is 340 g/mol. The van der Waals surface area contributed by atoms with Gasteiger partial charge < -0.3 is 0 Å². The molecule has 0 saturated heterocycles. The Kier molecular flexibility index (Phi) is 4.81. The molecule has 0 bridgehead atoms. The fourth-order valence-electron chi connectivity index (χ4n) is 1.56. The molecule has 0 aliphatic carbocycles. The van der Waals surface area contributed by atoms with E-state index in [4.69, 9.17) is 4.74 Å². The quantitative estimate of drug-likeness (QED) is 0.479. The number of para-hydroxylation sites is 1. The van der Waals surface area contributed by atoms with Gasteiger partial charge in [0.25, 0.3) is 0 Å². The Morgan fingerprint density at radius 2 is 1.72 bits per heavy atom. The Hall–Kier alpha value is -1.30. The zero-order valence-electron chi connectivity index (χ0n) is 10.1. The van der Waals surface area contributed by atoms with Crippen LogP contribution in [0.5, 0.6) is 5.75 Å². The van der Waals surface area contributed by atoms with E-state index in [1.807, 2.05) is 42.5 Å². The Morgan fingerprint density at radius 1 is 1.06 bits per heavy atom. The normalized spacial score (nSPS) is 10.1. The van der Waals surface area contributed by atoms with Crippen LogP contribution in [-0.4, -0.2) is 26.9 Å². The van der Waals surface area contributed by atoms with Gasteiger partial charge in [0.2, 0.25) is 0 Å². The molecule has 0 unspecified atom stereocenters. The average Bonchev–Trinajstić information content (AvgIpc) is 2.41. The number of ether oxygens (including phenoxy) is 1. The van der Waals surface area contributed by atoms with Crippen molar-refractivity contribution in [1.82, 2.24) is 0 Å². The first-order valence-electron chi connectivity index (χ1n) is 5.64. The van der Waals surface area contributed by atoms with Crippen molar-refractivity contribution in [3.63, 3.8) is 0 Å². The fourth-order valence-corrected chi connectivity index (χ4v) is 3.06. The summed E-state index contributed by atoms with van der Waals surface area (Å²) in [7, 11) is 0. The maximum atomic E-state index is 11.9. The van der Waals surface area contributed by atoms with Crippen LogP contribution in [-0.2, 0) is 4.47 Å². The molecule has 0 amide bonds. The molecule has 0 N–H and O–H groups in total. The zero-order chi connectivity index (χ0) is 12.8. The minimum absolute atomic E-state index is 0.0903. The number of hydrogen-bond acceptors (Lipinski definition) is 2. The SMILES string of the molecule is C[Te]Cc1ccc(C(=O)Oc2ccccc2)cc1. The third-order valence-corrected chi connectivity index (χ3v) is 4.23. The molecule has 92 valence electrons. The maximum absolute atomic E-state index is 11.9. The van der Waals surface area contributed by atoms with E-state index in [1.54, 1.807) is 12.1 Å². The van der Waals surface area contributed by atoms with E-state index < -0.39 is 0 Å². The van der Waals surface area contributed by atoms with Gasteiger partial charge in [-0.05, 0) is 0 Å². The van der Waals surface area contributed by atoms with Crippen LogP contribution < -0.4 is 4.74 Å². The summed E-state index contributed by atoms with van der Waals surface area (Å²) < 4.78 is 6.44. The van der Waals surface area contributed by atoms with Gasteiger partial charge in [0.05, 0.1) is 0 Å². The molecular formula is C15H14O2Te. The fraction of sp³-hybridized carbons (Fsp3) is 0.133. The van der Waals surface area contributed by atoms with Crippen LogP contribution in [0, 0.1) is 0 Å². The van der Waals surface area contributed by atoms with Crippen molar-refractivity contribution < 1.29 is 9.53 Å². The molecule has 2 aromatic carbocycles. The molecule has 0 spiro atoms. The van der Waals surface area contributed by atoms with E-state index in [0.29, 0.717) is 11.3 Å². The summed E-state index contributed by atoms with van der Waals surface area (Å²) in [5.74, 6) is 0.271. The molecule has 0 aliphatic heterocycles. The van der Waals surface area contributed by atoms with Crippen LogP contribution >= 0.6 is 0 Å². The van der Waals surface area contributed by atoms with Gasteiger partial charge in [0.1, 0.15) is 0 Å². The Balaban J connectivity index is 2.05. The van der Waals surface area contributed by atoms with E-state index in [-0.39, 0.29) is 26.9 Å². The number of carbonyl (C=O) groups is 1. The van der Waals surface area contributed by atoms with Crippen LogP contribution in [0.1, 0.15) is 15.9 Å². The third-order valence-electron chi connectivity index (χ3n) is 2.45. The molecule has 2 rings (SSSR count). The summed E-state index contributed by atoms with van der Waals surface area (Å²) in [5, 5.41) is 0. The number of benzene rings is 2. The van der Waals surface area contributed by atoms with Gasteiger partial charge >= 0.3 is 117 Å². The molecule has 0 saturated carbocycles. The van der Waals surface area contributed by atoms with Crippen molar-refractivity contribution >= 4 is 26.9 Å². The van der Waals surface area contributed by atoms with Crippen LogP contribution in [0.3, 0.4) is 0 Å². The molecule has 0 aromatic heterocycles. The van der Waals surface area contributed by atoms with Gasteiger partial charge in [-0.1, -0.05) is 0 Å². The second-order valence-corrected chi connectivity index (χ2v) is 6.30. The van der Waals surface area contributed by atoms with Crippen molar-refractivity contribution in [3.8, 4) is 5.75 Å². The summed E-state index contributed by atoms with van der Waals surface area (Å²) in [6.45, 7) is 0. The molecule has 0 atom stereocenters. The number of hydrogen-bond donors (Lipinski definition) is 0. The number of esters is 1. The molecule has 0 aliphatic rings. The standard InChI is InChI=1S/C15H14O2Te/c1-18-11-12-7-9-13(10-8-12)15(16)17-14-5-3-2-4-6-14/h2-10H,11H2,1H3. The number of rotatable bonds is 4. The number of carbonyl (C=O) groups excluding carboxylic acids is 1. The monoisotopic (exact) mass is 356 g/mol. The van der Waals surface area contributed by atoms with Crippen molar-refractivity contribution in [2.45, 2.75) is 9.44 Å². The predicted molar refractivity (Wildman–Crippen MR) is 73.2 cm³/mol. The first-order valence-corrected chi connectivity index (χ1v) is 9.62. The second-order valence-electron chi connectivity index (χ2n) is 3.83. The summed E-state index contributed by atoms with van der Waals surface area (Å²) in [6.07, 6.45) is 0. The summed E-state index contributed by atoms with van der Waals surface area (Å²) >= 11 is 0.0903. The third kappa shape index (κ3) is 3.60. The average molecular weight is 354 g/mol. The van der Waals surface area contributed by atoms with Gasteiger partial charge in [-0.2, -0.15) is 0 Å². The van der Waals surface area contributed by atoms with Crippen LogP contribution in [0.4, 0.5) is 0 Å². The van der Waals surface area contributed by atoms with E-state index in [1.165, 1.54) is 10.0 Å². The van der Waals surface area contributed by atoms with E-state index >= 15 is 0 Å². The first kappa shape index (κ1) is 13.1. The van der Waals surface area contributed by atoms with Crippen molar-refractivity contribution in [1.29, 1.82) is 0 Å². The van der Waals surface area contributed by atoms with Gasteiger partial charge in [-0.15, -0.1) is 0 Å². The molecule has 0 fully saturated rings. The zero-order valence-corrected chi connectivity index (χ0v) is 12.5. The molecule has 0 radical (unpaired) electrons. The van der Waals surface area contributed by atoms with Gasteiger partial charge in [0, 0.05) is 0 Å². The summed E-state index contributed by atoms with van der Waals surface area (Å²) in [4.78, 5) is 14.1. The van der Waals surface area contributed by atoms with Gasteiger partial charge in [-0.25, -0.2) is 0 Å². The van der Waals surface area contributed by atoms with Crippen molar-refractivity contribution in [2.75, 3.05) is 0 Å². The Morgan fingerprint density at radius 3 is 2.33 bits per heavy atom. The molecule has 2 nitrogen and oxygen atoms in total. The van der Waals surface area contributed by atoms with Gasteiger partial charge in [0.15, 0.2) is 0 Å². The van der Waals surface area contributed by atoms with Crippen molar-refractivity contribution in [2.24, 2.45) is 0 Å². The summed E-state index contributed by atoms with van der Waals surface area (Å²) in [6, 6.07) is 16.8. The Bertz CT molecular complexity index is 506. The molecule has 0 heterocycles. The minimum atomic E-state index is -0.305. The van der Waals surface area contributed by atoms with E-state index in [2.05, 4.69) is 4.97 Å². The second kappa shape index (κ2) is 6.58. The van der Waals surface area contributed by atoms with Crippen molar-refractivity contribution in [3.05, 3.63) is 65.7 Å². The van der Waals surface area contributed by atoms with E-state index in [0.717, 1.165) is 0 Å². The molecule has 3 heteroatoms. The summed E-state index contributed by atoms with van der Waals surface area (Å²) in [5.41, 5.74) is 1.90. The Labute approximate surface area is 117 Å². The van der Waals surface area contributed by atoms with Crippen LogP contribution in [0.15, 0.2) is 54.6 Å². The van der Waals surface area contributed by atoms with Crippen LogP contribution in [0.2, 0.25) is 4.97 Å². The van der Waals surface area contributed by atoms with E-state index in [9.17, 15) is 4.79 Å². The van der Waals surface area contributed by atoms with Crippen LogP contribution in [0.25, 0.3) is 0 Å². The molecule has 2 aromatic rings. The predicted octanol–water partition coefficient (Wildman–Crippen LogP) is 3.16.